The van der Waals surface area contributed by atoms with Gasteiger partial charge in [0, 0.05) is 37.7 Å². The molecule has 1 aliphatic rings. The van der Waals surface area contributed by atoms with Crippen molar-refractivity contribution < 1.29 is 9.21 Å². The number of furan rings is 1. The van der Waals surface area contributed by atoms with Crippen LogP contribution in [-0.2, 0) is 6.54 Å². The van der Waals surface area contributed by atoms with E-state index in [-0.39, 0.29) is 5.91 Å². The van der Waals surface area contributed by atoms with E-state index in [0.29, 0.717) is 5.76 Å². The molecule has 2 aromatic rings. The highest BCUT2D eigenvalue weighted by Crippen LogP contribution is 2.15. The van der Waals surface area contributed by atoms with E-state index in [1.54, 1.807) is 6.07 Å². The first-order chi connectivity index (χ1) is 10.6. The molecular formula is C17H19ClN2O2. The maximum Gasteiger partial charge on any atom is 0.289 e. The Hall–Kier alpha value is -1.78. The van der Waals surface area contributed by atoms with E-state index < -0.39 is 0 Å². The van der Waals surface area contributed by atoms with Gasteiger partial charge in [-0.15, -0.1) is 0 Å². The van der Waals surface area contributed by atoms with Gasteiger partial charge in [-0.25, -0.2) is 0 Å². The summed E-state index contributed by atoms with van der Waals surface area (Å²) in [6.07, 6.45) is 0. The van der Waals surface area contributed by atoms with Crippen molar-refractivity contribution in [3.05, 3.63) is 58.5 Å². The molecule has 0 radical (unpaired) electrons. The molecule has 0 N–H and O–H groups in total. The summed E-state index contributed by atoms with van der Waals surface area (Å²) in [4.78, 5) is 16.5. The molecule has 0 unspecified atom stereocenters. The zero-order valence-electron chi connectivity index (χ0n) is 12.6. The fourth-order valence-corrected chi connectivity index (χ4v) is 2.92. The molecule has 1 fully saturated rings. The lowest BCUT2D eigenvalue weighted by Gasteiger charge is -2.34. The van der Waals surface area contributed by atoms with Gasteiger partial charge in [0.25, 0.3) is 5.91 Å². The monoisotopic (exact) mass is 318 g/mol. The van der Waals surface area contributed by atoms with Crippen molar-refractivity contribution >= 4 is 17.5 Å². The molecule has 4 nitrogen and oxygen atoms in total. The molecule has 1 aromatic carbocycles. The predicted octanol–water partition coefficient (Wildman–Crippen LogP) is 3.20. The van der Waals surface area contributed by atoms with Gasteiger partial charge in [-0.1, -0.05) is 23.7 Å². The maximum absolute atomic E-state index is 12.3. The molecule has 22 heavy (non-hydrogen) atoms. The summed E-state index contributed by atoms with van der Waals surface area (Å²) < 4.78 is 5.41. The van der Waals surface area contributed by atoms with Crippen molar-refractivity contribution in [2.45, 2.75) is 13.5 Å². The van der Waals surface area contributed by atoms with Crippen molar-refractivity contribution in [2.75, 3.05) is 26.2 Å². The Morgan fingerprint density at radius 3 is 2.59 bits per heavy atom. The molecule has 1 aliphatic heterocycles. The molecule has 1 amide bonds. The second-order valence-electron chi connectivity index (χ2n) is 5.61. The summed E-state index contributed by atoms with van der Waals surface area (Å²) in [6.45, 7) is 5.87. The summed E-state index contributed by atoms with van der Waals surface area (Å²) >= 11 is 6.02. The minimum atomic E-state index is -0.0181. The molecule has 0 saturated carbocycles. The number of carbonyl (C=O) groups excluding carboxylic acids is 1. The maximum atomic E-state index is 12.3. The van der Waals surface area contributed by atoms with Gasteiger partial charge in [0.1, 0.15) is 5.76 Å². The van der Waals surface area contributed by atoms with Gasteiger partial charge in [-0.2, -0.15) is 0 Å². The van der Waals surface area contributed by atoms with Crippen LogP contribution in [0, 0.1) is 6.92 Å². The highest BCUT2D eigenvalue weighted by molar-refractivity contribution is 6.30. The molecular weight excluding hydrogens is 300 g/mol. The minimum absolute atomic E-state index is 0.0181. The first kappa shape index (κ1) is 15.1. The third-order valence-corrected chi connectivity index (χ3v) is 4.14. The molecule has 1 saturated heterocycles. The fraction of sp³-hybridized carbons (Fsp3) is 0.353. The van der Waals surface area contributed by atoms with Crippen LogP contribution in [0.2, 0.25) is 5.02 Å². The lowest BCUT2D eigenvalue weighted by molar-refractivity contribution is 0.0596. The number of carbonyl (C=O) groups is 1. The Kier molecular flexibility index (Phi) is 4.50. The zero-order valence-corrected chi connectivity index (χ0v) is 13.3. The Balaban J connectivity index is 1.55. The average Bonchev–Trinajstić information content (AvgIpc) is 2.94. The van der Waals surface area contributed by atoms with Crippen molar-refractivity contribution in [1.82, 2.24) is 9.80 Å². The van der Waals surface area contributed by atoms with Gasteiger partial charge < -0.3 is 9.32 Å². The number of amides is 1. The highest BCUT2D eigenvalue weighted by Gasteiger charge is 2.23. The van der Waals surface area contributed by atoms with Crippen LogP contribution >= 0.6 is 11.6 Å². The lowest BCUT2D eigenvalue weighted by Crippen LogP contribution is -2.48. The van der Waals surface area contributed by atoms with E-state index in [9.17, 15) is 4.79 Å². The quantitative estimate of drug-likeness (QED) is 0.872. The molecule has 5 heteroatoms. The second kappa shape index (κ2) is 6.55. The summed E-state index contributed by atoms with van der Waals surface area (Å²) in [5.41, 5.74) is 1.20. The van der Waals surface area contributed by atoms with Crippen LogP contribution in [-0.4, -0.2) is 41.9 Å². The highest BCUT2D eigenvalue weighted by atomic mass is 35.5. The van der Waals surface area contributed by atoms with Crippen LogP contribution in [0.25, 0.3) is 0 Å². The van der Waals surface area contributed by atoms with Crippen molar-refractivity contribution in [3.63, 3.8) is 0 Å². The number of rotatable bonds is 3. The average molecular weight is 319 g/mol. The molecule has 116 valence electrons. The van der Waals surface area contributed by atoms with E-state index in [1.807, 2.05) is 36.1 Å². The van der Waals surface area contributed by atoms with Gasteiger partial charge in [-0.05, 0) is 36.8 Å². The van der Waals surface area contributed by atoms with E-state index in [1.165, 1.54) is 5.56 Å². The largest absolute Gasteiger partial charge is 0.456 e. The zero-order chi connectivity index (χ0) is 15.5. The Morgan fingerprint density at radius 1 is 1.18 bits per heavy atom. The van der Waals surface area contributed by atoms with Crippen LogP contribution in [0.4, 0.5) is 0 Å². The summed E-state index contributed by atoms with van der Waals surface area (Å²) in [6, 6.07) is 11.5. The lowest BCUT2D eigenvalue weighted by atomic mass is 10.2. The van der Waals surface area contributed by atoms with E-state index in [4.69, 9.17) is 16.0 Å². The predicted molar refractivity (Wildman–Crippen MR) is 86.1 cm³/mol. The number of aryl methyl sites for hydroxylation is 1. The molecule has 3 rings (SSSR count). The number of halogens is 1. The van der Waals surface area contributed by atoms with Gasteiger partial charge >= 0.3 is 0 Å². The number of benzene rings is 1. The molecule has 0 bridgehead atoms. The van der Waals surface area contributed by atoms with Crippen LogP contribution in [0.1, 0.15) is 21.9 Å². The molecule has 0 atom stereocenters. The third-order valence-electron chi connectivity index (χ3n) is 3.91. The fourth-order valence-electron chi connectivity index (χ4n) is 2.71. The number of hydrogen-bond donors (Lipinski definition) is 0. The minimum Gasteiger partial charge on any atom is -0.456 e. The van der Waals surface area contributed by atoms with Crippen LogP contribution in [0.15, 0.2) is 40.8 Å². The standard InChI is InChI=1S/C17H19ClN2O2/c1-13-5-6-16(22-13)17(21)20-9-7-19(8-10-20)12-14-3-2-4-15(18)11-14/h2-6,11H,7-10,12H2,1H3. The summed E-state index contributed by atoms with van der Waals surface area (Å²) in [5.74, 6) is 1.18. The number of hydrogen-bond acceptors (Lipinski definition) is 3. The van der Waals surface area contributed by atoms with Crippen LogP contribution in [0.3, 0.4) is 0 Å². The molecule has 2 heterocycles. The van der Waals surface area contributed by atoms with Crippen molar-refractivity contribution in [3.8, 4) is 0 Å². The summed E-state index contributed by atoms with van der Waals surface area (Å²) in [5, 5.41) is 0.763. The second-order valence-corrected chi connectivity index (χ2v) is 6.05. The van der Waals surface area contributed by atoms with E-state index >= 15 is 0 Å². The molecule has 1 aromatic heterocycles. The Labute approximate surface area is 135 Å². The van der Waals surface area contributed by atoms with Gasteiger partial charge in [0.2, 0.25) is 0 Å². The first-order valence-electron chi connectivity index (χ1n) is 7.44. The van der Waals surface area contributed by atoms with Crippen molar-refractivity contribution in [2.24, 2.45) is 0 Å². The van der Waals surface area contributed by atoms with Crippen LogP contribution in [0.5, 0.6) is 0 Å². The summed E-state index contributed by atoms with van der Waals surface area (Å²) in [7, 11) is 0. The van der Waals surface area contributed by atoms with E-state index in [0.717, 1.165) is 43.5 Å². The molecule has 0 spiro atoms. The number of nitrogens with zero attached hydrogens (tertiary/aromatic N) is 2. The molecule has 0 aliphatic carbocycles. The number of piperazine rings is 1. The van der Waals surface area contributed by atoms with Gasteiger partial charge in [-0.3, -0.25) is 9.69 Å². The topological polar surface area (TPSA) is 36.7 Å². The van der Waals surface area contributed by atoms with Gasteiger partial charge in [0.15, 0.2) is 5.76 Å². The third kappa shape index (κ3) is 3.51. The van der Waals surface area contributed by atoms with Crippen molar-refractivity contribution in [1.29, 1.82) is 0 Å². The smallest absolute Gasteiger partial charge is 0.289 e. The Morgan fingerprint density at radius 2 is 1.95 bits per heavy atom. The van der Waals surface area contributed by atoms with Gasteiger partial charge in [0.05, 0.1) is 0 Å². The first-order valence-corrected chi connectivity index (χ1v) is 7.82. The normalized spacial score (nSPS) is 16.0. The van der Waals surface area contributed by atoms with E-state index in [2.05, 4.69) is 11.0 Å². The SMILES string of the molecule is Cc1ccc(C(=O)N2CCN(Cc3cccc(Cl)c3)CC2)o1. The van der Waals surface area contributed by atoms with Crippen LogP contribution < -0.4 is 0 Å². The Bertz CT molecular complexity index is 660.